The summed E-state index contributed by atoms with van der Waals surface area (Å²) in [5.41, 5.74) is 8.98. The predicted molar refractivity (Wildman–Crippen MR) is 60.0 cm³/mol. The van der Waals surface area contributed by atoms with Crippen LogP contribution < -0.4 is 5.73 Å². The molecule has 1 saturated carbocycles. The summed E-state index contributed by atoms with van der Waals surface area (Å²) in [4.78, 5) is 0. The molecule has 0 aromatic heterocycles. The Morgan fingerprint density at radius 3 is 2.27 bits per heavy atom. The molecule has 0 radical (unpaired) electrons. The largest absolute Gasteiger partial charge is 0.380 e. The molecule has 2 fully saturated rings. The molecule has 2 aliphatic rings. The lowest BCUT2D eigenvalue weighted by molar-refractivity contribution is 0.00841. The third kappa shape index (κ3) is 1.48. The molecule has 3 rings (SSSR count). The van der Waals surface area contributed by atoms with Crippen LogP contribution in [0.15, 0.2) is 24.3 Å². The summed E-state index contributed by atoms with van der Waals surface area (Å²) >= 11 is 0. The lowest BCUT2D eigenvalue weighted by Gasteiger charge is -2.26. The minimum atomic E-state index is 0.328. The van der Waals surface area contributed by atoms with Gasteiger partial charge in [-0.2, -0.15) is 0 Å². The fourth-order valence-electron chi connectivity index (χ4n) is 2.30. The van der Waals surface area contributed by atoms with Crippen molar-refractivity contribution in [1.29, 1.82) is 0 Å². The van der Waals surface area contributed by atoms with E-state index in [-0.39, 0.29) is 0 Å². The SMILES string of the molecule is NCC1(c2ccc(C3COC3)cc2)CC1. The van der Waals surface area contributed by atoms with Gasteiger partial charge in [0.15, 0.2) is 0 Å². The Hall–Kier alpha value is -0.860. The van der Waals surface area contributed by atoms with E-state index in [1.54, 1.807) is 0 Å². The maximum atomic E-state index is 5.82. The molecular formula is C13H17NO. The number of benzene rings is 1. The summed E-state index contributed by atoms with van der Waals surface area (Å²) in [5.74, 6) is 0.632. The third-order valence-electron chi connectivity index (χ3n) is 3.88. The second kappa shape index (κ2) is 3.32. The molecule has 2 N–H and O–H groups in total. The summed E-state index contributed by atoms with van der Waals surface area (Å²) in [7, 11) is 0. The fourth-order valence-corrected chi connectivity index (χ4v) is 2.30. The topological polar surface area (TPSA) is 35.2 Å². The van der Waals surface area contributed by atoms with Crippen molar-refractivity contribution in [3.8, 4) is 0 Å². The first-order valence-corrected chi connectivity index (χ1v) is 5.72. The van der Waals surface area contributed by atoms with E-state index in [9.17, 15) is 0 Å². The molecule has 1 heterocycles. The second-order valence-corrected chi connectivity index (χ2v) is 4.84. The molecule has 1 saturated heterocycles. The Kier molecular flexibility index (Phi) is 2.08. The van der Waals surface area contributed by atoms with E-state index in [1.165, 1.54) is 24.0 Å². The van der Waals surface area contributed by atoms with Crippen molar-refractivity contribution < 1.29 is 4.74 Å². The van der Waals surface area contributed by atoms with Crippen molar-refractivity contribution in [2.24, 2.45) is 5.73 Å². The average molecular weight is 203 g/mol. The molecule has 0 atom stereocenters. The minimum Gasteiger partial charge on any atom is -0.380 e. The van der Waals surface area contributed by atoms with Crippen LogP contribution in [0, 0.1) is 0 Å². The van der Waals surface area contributed by atoms with Crippen molar-refractivity contribution >= 4 is 0 Å². The number of hydrogen-bond donors (Lipinski definition) is 1. The number of hydrogen-bond acceptors (Lipinski definition) is 2. The summed E-state index contributed by atoms with van der Waals surface area (Å²) in [6.45, 7) is 2.57. The molecule has 2 nitrogen and oxygen atoms in total. The van der Waals surface area contributed by atoms with Crippen molar-refractivity contribution in [3.63, 3.8) is 0 Å². The van der Waals surface area contributed by atoms with Crippen molar-refractivity contribution in [2.75, 3.05) is 19.8 Å². The van der Waals surface area contributed by atoms with E-state index < -0.39 is 0 Å². The lowest BCUT2D eigenvalue weighted by atomic mass is 9.91. The van der Waals surface area contributed by atoms with E-state index in [0.717, 1.165) is 19.8 Å². The van der Waals surface area contributed by atoms with Gasteiger partial charge < -0.3 is 10.5 Å². The first kappa shape index (κ1) is 9.37. The van der Waals surface area contributed by atoms with E-state index in [4.69, 9.17) is 10.5 Å². The maximum absolute atomic E-state index is 5.82. The third-order valence-corrected chi connectivity index (χ3v) is 3.88. The van der Waals surface area contributed by atoms with E-state index >= 15 is 0 Å². The minimum absolute atomic E-state index is 0.328. The van der Waals surface area contributed by atoms with Gasteiger partial charge >= 0.3 is 0 Å². The molecule has 0 unspecified atom stereocenters. The molecular weight excluding hydrogens is 186 g/mol. The Bertz CT molecular complexity index is 349. The highest BCUT2D eigenvalue weighted by atomic mass is 16.5. The Morgan fingerprint density at radius 2 is 1.87 bits per heavy atom. The van der Waals surface area contributed by atoms with Gasteiger partial charge in [0.25, 0.3) is 0 Å². The standard InChI is InChI=1S/C13H17NO/c14-9-13(5-6-13)12-3-1-10(2-4-12)11-7-15-8-11/h1-4,11H,5-9,14H2. The van der Waals surface area contributed by atoms with Gasteiger partial charge in [0, 0.05) is 17.9 Å². The highest BCUT2D eigenvalue weighted by Gasteiger charge is 2.42. The van der Waals surface area contributed by atoms with Gasteiger partial charge in [0.05, 0.1) is 13.2 Å². The van der Waals surface area contributed by atoms with Gasteiger partial charge in [-0.1, -0.05) is 24.3 Å². The van der Waals surface area contributed by atoms with Gasteiger partial charge in [0.1, 0.15) is 0 Å². The molecule has 0 spiro atoms. The van der Waals surface area contributed by atoms with Crippen LogP contribution in [0.1, 0.15) is 29.9 Å². The maximum Gasteiger partial charge on any atom is 0.0557 e. The highest BCUT2D eigenvalue weighted by Crippen LogP contribution is 2.47. The monoisotopic (exact) mass is 203 g/mol. The highest BCUT2D eigenvalue weighted by molar-refractivity contribution is 5.35. The molecule has 2 heteroatoms. The van der Waals surface area contributed by atoms with Gasteiger partial charge in [0.2, 0.25) is 0 Å². The Labute approximate surface area is 90.4 Å². The first-order chi connectivity index (χ1) is 7.34. The summed E-state index contributed by atoms with van der Waals surface area (Å²) < 4.78 is 5.20. The summed E-state index contributed by atoms with van der Waals surface area (Å²) in [5, 5.41) is 0. The first-order valence-electron chi connectivity index (χ1n) is 5.72. The molecule has 0 amide bonds. The number of rotatable bonds is 3. The van der Waals surface area contributed by atoms with Crippen LogP contribution in [-0.2, 0) is 10.2 Å². The Balaban J connectivity index is 1.81. The van der Waals surface area contributed by atoms with Gasteiger partial charge in [-0.15, -0.1) is 0 Å². The molecule has 1 aromatic carbocycles. The molecule has 15 heavy (non-hydrogen) atoms. The van der Waals surface area contributed by atoms with E-state index in [1.807, 2.05) is 0 Å². The lowest BCUT2D eigenvalue weighted by Crippen LogP contribution is -2.25. The van der Waals surface area contributed by atoms with Gasteiger partial charge in [-0.05, 0) is 24.0 Å². The van der Waals surface area contributed by atoms with Gasteiger partial charge in [-0.3, -0.25) is 0 Å². The van der Waals surface area contributed by atoms with E-state index in [0.29, 0.717) is 11.3 Å². The van der Waals surface area contributed by atoms with Crippen molar-refractivity contribution in [1.82, 2.24) is 0 Å². The van der Waals surface area contributed by atoms with Crippen molar-refractivity contribution in [3.05, 3.63) is 35.4 Å². The van der Waals surface area contributed by atoms with E-state index in [2.05, 4.69) is 24.3 Å². The van der Waals surface area contributed by atoms with Crippen LogP contribution in [0.4, 0.5) is 0 Å². The predicted octanol–water partition coefficient (Wildman–Crippen LogP) is 1.79. The van der Waals surface area contributed by atoms with Crippen LogP contribution in [-0.4, -0.2) is 19.8 Å². The van der Waals surface area contributed by atoms with Gasteiger partial charge in [-0.25, -0.2) is 0 Å². The fraction of sp³-hybridized carbons (Fsp3) is 0.538. The zero-order valence-corrected chi connectivity index (χ0v) is 8.91. The van der Waals surface area contributed by atoms with Crippen LogP contribution in [0.3, 0.4) is 0 Å². The van der Waals surface area contributed by atoms with Crippen LogP contribution in [0.5, 0.6) is 0 Å². The molecule has 1 aliphatic carbocycles. The number of ether oxygens (including phenoxy) is 1. The van der Waals surface area contributed by atoms with Crippen LogP contribution in [0.25, 0.3) is 0 Å². The smallest absolute Gasteiger partial charge is 0.0557 e. The molecule has 0 bridgehead atoms. The van der Waals surface area contributed by atoms with Crippen LogP contribution >= 0.6 is 0 Å². The molecule has 80 valence electrons. The second-order valence-electron chi connectivity index (χ2n) is 4.84. The normalized spacial score (nSPS) is 23.5. The summed E-state index contributed by atoms with van der Waals surface area (Å²) in [6.07, 6.45) is 2.52. The number of nitrogens with two attached hydrogens (primary N) is 1. The summed E-state index contributed by atoms with van der Waals surface area (Å²) in [6, 6.07) is 9.01. The quantitative estimate of drug-likeness (QED) is 0.813. The van der Waals surface area contributed by atoms with Crippen LogP contribution in [0.2, 0.25) is 0 Å². The Morgan fingerprint density at radius 1 is 1.20 bits per heavy atom. The average Bonchev–Trinajstić information content (AvgIpc) is 2.97. The zero-order chi connectivity index (χ0) is 10.3. The molecule has 1 aromatic rings. The zero-order valence-electron chi connectivity index (χ0n) is 8.91. The molecule has 1 aliphatic heterocycles. The van der Waals surface area contributed by atoms with Crippen molar-refractivity contribution in [2.45, 2.75) is 24.2 Å².